The molecule has 2 nitrogen and oxygen atoms in total. The maximum absolute atomic E-state index is 9.38. The minimum absolute atomic E-state index is 0. The van der Waals surface area contributed by atoms with Gasteiger partial charge in [0.05, 0.1) is 0 Å². The highest BCUT2D eigenvalue weighted by Crippen LogP contribution is 2.14. The van der Waals surface area contributed by atoms with E-state index in [1.807, 2.05) is 20.8 Å². The first-order valence-electron chi connectivity index (χ1n) is 4.77. The largest absolute Gasteiger partial charge is 1.00 e. The molecule has 76 valence electrons. The van der Waals surface area contributed by atoms with Crippen molar-refractivity contribution in [3.05, 3.63) is 0 Å². The number of hydrogen-bond donors (Lipinski definition) is 1. The zero-order valence-electron chi connectivity index (χ0n) is 8.52. The molecular formula is C9H22BrNO. The smallest absolute Gasteiger partial charge is 0.106 e. The molecule has 0 atom stereocenters. The first kappa shape index (κ1) is 14.9. The molecule has 0 unspecified atom stereocenters. The summed E-state index contributed by atoms with van der Waals surface area (Å²) in [5.74, 6) is 0. The standard InChI is InChI=1S/C6H16NO.C3H6.BrH/c1-4-7(8,5-2)6-3;1-2-3-1;/h8H,4-6H2,1-3H3;1-3H2;1H/q+1;;/p-1. The van der Waals surface area contributed by atoms with E-state index < -0.39 is 0 Å². The van der Waals surface area contributed by atoms with Gasteiger partial charge in [0, 0.05) is 0 Å². The Kier molecular flexibility index (Phi) is 9.96. The summed E-state index contributed by atoms with van der Waals surface area (Å²) in [4.78, 5) is 0. The SMILES string of the molecule is C1CC1.CC[N+](O)(CC)CC.[Br-]. The van der Waals surface area contributed by atoms with Gasteiger partial charge in [0.25, 0.3) is 0 Å². The number of hydroxylamine groups is 3. The number of halogens is 1. The lowest BCUT2D eigenvalue weighted by Crippen LogP contribution is -3.00. The highest BCUT2D eigenvalue weighted by atomic mass is 79.9. The molecule has 1 aliphatic carbocycles. The van der Waals surface area contributed by atoms with Crippen LogP contribution in [0, 0.1) is 0 Å². The summed E-state index contributed by atoms with van der Waals surface area (Å²) in [6.45, 7) is 8.42. The number of nitrogens with zero attached hydrogens (tertiary/aromatic N) is 1. The third-order valence-corrected chi connectivity index (χ3v) is 2.12. The molecule has 1 aliphatic rings. The van der Waals surface area contributed by atoms with E-state index >= 15 is 0 Å². The molecular weight excluding hydrogens is 218 g/mol. The van der Waals surface area contributed by atoms with Crippen LogP contribution in [0.4, 0.5) is 0 Å². The molecule has 0 saturated heterocycles. The molecule has 0 radical (unpaired) electrons. The van der Waals surface area contributed by atoms with Crippen LogP contribution >= 0.6 is 0 Å². The number of rotatable bonds is 3. The normalized spacial score (nSPS) is 14.0. The van der Waals surface area contributed by atoms with Crippen molar-refractivity contribution in [2.24, 2.45) is 0 Å². The van der Waals surface area contributed by atoms with Crippen molar-refractivity contribution in [3.63, 3.8) is 0 Å². The van der Waals surface area contributed by atoms with Crippen LogP contribution in [0.3, 0.4) is 0 Å². The Labute approximate surface area is 86.9 Å². The van der Waals surface area contributed by atoms with Crippen molar-refractivity contribution in [2.75, 3.05) is 19.6 Å². The van der Waals surface area contributed by atoms with Crippen molar-refractivity contribution >= 4 is 0 Å². The Morgan fingerprint density at radius 3 is 1.17 bits per heavy atom. The predicted molar refractivity (Wildman–Crippen MR) is 47.5 cm³/mol. The molecule has 1 saturated carbocycles. The minimum atomic E-state index is 0. The van der Waals surface area contributed by atoms with Crippen molar-refractivity contribution in [2.45, 2.75) is 40.0 Å². The Balaban J connectivity index is 0. The van der Waals surface area contributed by atoms with Gasteiger partial charge in [-0.2, -0.15) is 4.65 Å². The Morgan fingerprint density at radius 2 is 1.17 bits per heavy atom. The van der Waals surface area contributed by atoms with Crippen LogP contribution in [0.25, 0.3) is 0 Å². The highest BCUT2D eigenvalue weighted by Gasteiger charge is 2.15. The number of quaternary nitrogens is 1. The van der Waals surface area contributed by atoms with Crippen LogP contribution in [0.5, 0.6) is 0 Å². The van der Waals surface area contributed by atoms with Crippen molar-refractivity contribution < 1.29 is 26.8 Å². The van der Waals surface area contributed by atoms with E-state index in [9.17, 15) is 5.21 Å². The molecule has 0 aromatic rings. The summed E-state index contributed by atoms with van der Waals surface area (Å²) in [7, 11) is 0. The lowest BCUT2D eigenvalue weighted by Gasteiger charge is -2.25. The van der Waals surface area contributed by atoms with E-state index in [2.05, 4.69) is 0 Å². The molecule has 0 aromatic heterocycles. The van der Waals surface area contributed by atoms with Crippen molar-refractivity contribution in [3.8, 4) is 0 Å². The maximum atomic E-state index is 9.38. The van der Waals surface area contributed by atoms with Crippen LogP contribution in [-0.4, -0.2) is 29.5 Å². The van der Waals surface area contributed by atoms with Gasteiger partial charge >= 0.3 is 0 Å². The molecule has 0 bridgehead atoms. The molecule has 0 amide bonds. The molecule has 1 rings (SSSR count). The maximum Gasteiger partial charge on any atom is 0.106 e. The lowest BCUT2D eigenvalue weighted by atomic mass is 10.5. The van der Waals surface area contributed by atoms with Gasteiger partial charge in [-0.15, -0.1) is 0 Å². The molecule has 12 heavy (non-hydrogen) atoms. The van der Waals surface area contributed by atoms with Crippen molar-refractivity contribution in [1.82, 2.24) is 0 Å². The Hall–Kier alpha value is 0.400. The third-order valence-electron chi connectivity index (χ3n) is 2.12. The van der Waals surface area contributed by atoms with Crippen LogP contribution < -0.4 is 17.0 Å². The zero-order chi connectivity index (χ0) is 8.74. The average Bonchev–Trinajstić information content (AvgIpc) is 2.89. The summed E-state index contributed by atoms with van der Waals surface area (Å²) in [6, 6.07) is 0. The van der Waals surface area contributed by atoms with E-state index in [1.54, 1.807) is 0 Å². The molecule has 0 spiro atoms. The summed E-state index contributed by atoms with van der Waals surface area (Å²) in [5.41, 5.74) is 0. The molecule has 0 aromatic carbocycles. The summed E-state index contributed by atoms with van der Waals surface area (Å²) in [6.07, 6.45) is 4.50. The van der Waals surface area contributed by atoms with Gasteiger partial charge in [0.2, 0.25) is 0 Å². The van der Waals surface area contributed by atoms with Gasteiger partial charge in [0.15, 0.2) is 0 Å². The first-order valence-corrected chi connectivity index (χ1v) is 4.77. The van der Waals surface area contributed by atoms with Gasteiger partial charge in [-0.3, -0.25) is 0 Å². The molecule has 0 heterocycles. The van der Waals surface area contributed by atoms with Crippen LogP contribution in [0.1, 0.15) is 40.0 Å². The molecule has 0 aliphatic heterocycles. The van der Waals surface area contributed by atoms with E-state index in [-0.39, 0.29) is 21.6 Å². The Morgan fingerprint density at radius 1 is 0.917 bits per heavy atom. The van der Waals surface area contributed by atoms with Crippen molar-refractivity contribution in [1.29, 1.82) is 0 Å². The second-order valence-corrected chi connectivity index (χ2v) is 3.10. The van der Waals surface area contributed by atoms with Crippen LogP contribution in [0.2, 0.25) is 0 Å². The van der Waals surface area contributed by atoms with E-state index in [4.69, 9.17) is 0 Å². The fourth-order valence-corrected chi connectivity index (χ4v) is 0.671. The zero-order valence-corrected chi connectivity index (χ0v) is 10.1. The minimum Gasteiger partial charge on any atom is -1.00 e. The second kappa shape index (κ2) is 8.02. The molecule has 1 fully saturated rings. The molecule has 3 heteroatoms. The lowest BCUT2D eigenvalue weighted by molar-refractivity contribution is -1.10. The van der Waals surface area contributed by atoms with Gasteiger partial charge in [-0.1, -0.05) is 19.3 Å². The van der Waals surface area contributed by atoms with Gasteiger partial charge in [-0.05, 0) is 20.8 Å². The van der Waals surface area contributed by atoms with E-state index in [0.29, 0.717) is 0 Å². The van der Waals surface area contributed by atoms with E-state index in [0.717, 1.165) is 19.6 Å². The highest BCUT2D eigenvalue weighted by molar-refractivity contribution is 4.50. The van der Waals surface area contributed by atoms with E-state index in [1.165, 1.54) is 19.3 Å². The van der Waals surface area contributed by atoms with Crippen LogP contribution in [-0.2, 0) is 0 Å². The average molecular weight is 240 g/mol. The molecule has 1 N–H and O–H groups in total. The summed E-state index contributed by atoms with van der Waals surface area (Å²) < 4.78 is 0.208. The predicted octanol–water partition coefficient (Wildman–Crippen LogP) is -0.574. The summed E-state index contributed by atoms with van der Waals surface area (Å²) in [5, 5.41) is 9.38. The quantitative estimate of drug-likeness (QED) is 0.517. The van der Waals surface area contributed by atoms with Crippen LogP contribution in [0.15, 0.2) is 0 Å². The Bertz CT molecular complexity index is 81.5. The van der Waals surface area contributed by atoms with Gasteiger partial charge in [0.1, 0.15) is 19.6 Å². The summed E-state index contributed by atoms with van der Waals surface area (Å²) >= 11 is 0. The van der Waals surface area contributed by atoms with Gasteiger partial charge in [-0.25, -0.2) is 5.21 Å². The second-order valence-electron chi connectivity index (χ2n) is 3.10. The fourth-order valence-electron chi connectivity index (χ4n) is 0.671. The topological polar surface area (TPSA) is 20.2 Å². The first-order chi connectivity index (χ1) is 5.18. The monoisotopic (exact) mass is 239 g/mol. The van der Waals surface area contributed by atoms with Gasteiger partial charge < -0.3 is 17.0 Å². The third kappa shape index (κ3) is 8.50. The number of hydrogen-bond acceptors (Lipinski definition) is 1. The fraction of sp³-hybridized carbons (Fsp3) is 1.00.